The summed E-state index contributed by atoms with van der Waals surface area (Å²) in [5.74, 6) is -0.956. The molecule has 0 radical (unpaired) electrons. The second-order valence-electron chi connectivity index (χ2n) is 9.59. The molecule has 1 fully saturated rings. The number of nitrogen functional groups attached to an aromatic ring is 1. The van der Waals surface area contributed by atoms with Gasteiger partial charge in [-0.15, -0.1) is 0 Å². The second-order valence-corrected chi connectivity index (χ2v) is 11.9. The number of nitrogens with two attached hydrogens (primary N) is 1. The minimum atomic E-state index is -4.00. The number of imidazole rings is 1. The summed E-state index contributed by atoms with van der Waals surface area (Å²) in [7, 11) is -4.00. The lowest BCUT2D eigenvalue weighted by Crippen LogP contribution is -2.29. The van der Waals surface area contributed by atoms with E-state index in [0.29, 0.717) is 16.9 Å². The summed E-state index contributed by atoms with van der Waals surface area (Å²) >= 11 is 6.00. The Bertz CT molecular complexity index is 1540. The zero-order valence-electron chi connectivity index (χ0n) is 22.1. The van der Waals surface area contributed by atoms with Gasteiger partial charge in [0.05, 0.1) is 25.0 Å². The molecule has 1 aliphatic heterocycles. The molecule has 3 N–H and O–H groups in total. The van der Waals surface area contributed by atoms with Crippen LogP contribution >= 0.6 is 19.2 Å². The molecule has 0 aliphatic carbocycles. The molecule has 2 unspecified atom stereocenters. The second kappa shape index (κ2) is 12.5. The van der Waals surface area contributed by atoms with Crippen LogP contribution in [0.1, 0.15) is 25.1 Å². The van der Waals surface area contributed by atoms with Gasteiger partial charge < -0.3 is 24.8 Å². The maximum atomic E-state index is 14.2. The van der Waals surface area contributed by atoms with Gasteiger partial charge >= 0.3 is 13.6 Å². The number of aromatic nitrogens is 4. The summed E-state index contributed by atoms with van der Waals surface area (Å²) in [6.45, 7) is 1.25. The van der Waals surface area contributed by atoms with E-state index >= 15 is 0 Å². The van der Waals surface area contributed by atoms with Crippen LogP contribution in [-0.4, -0.2) is 55.6 Å². The number of esters is 1. The number of rotatable bonds is 11. The highest BCUT2D eigenvalue weighted by Crippen LogP contribution is 2.53. The van der Waals surface area contributed by atoms with Crippen molar-refractivity contribution >= 4 is 42.1 Å². The highest BCUT2D eigenvalue weighted by Gasteiger charge is 2.44. The number of benzene rings is 2. The average molecular weight is 602 g/mol. The number of aliphatic hydroxyl groups excluding tert-OH is 1. The van der Waals surface area contributed by atoms with Gasteiger partial charge in [0, 0.05) is 6.42 Å². The number of ether oxygens (including phenoxy) is 2. The van der Waals surface area contributed by atoms with Gasteiger partial charge in [0.2, 0.25) is 5.28 Å². The molecule has 1 saturated heterocycles. The average Bonchev–Trinajstić information content (AvgIpc) is 3.56. The first kappa shape index (κ1) is 29.0. The fourth-order valence-electron chi connectivity index (χ4n) is 4.50. The van der Waals surface area contributed by atoms with E-state index in [-0.39, 0.29) is 30.3 Å². The quantitative estimate of drug-likeness (QED) is 0.143. The predicted molar refractivity (Wildman–Crippen MR) is 150 cm³/mol. The fourth-order valence-corrected chi connectivity index (χ4v) is 6.77. The molecule has 41 heavy (non-hydrogen) atoms. The first-order valence-corrected chi connectivity index (χ1v) is 15.0. The van der Waals surface area contributed by atoms with Crippen LogP contribution in [0.4, 0.5) is 5.82 Å². The number of hydrogen-bond acceptors (Lipinski definition) is 11. The van der Waals surface area contributed by atoms with Crippen LogP contribution in [0.3, 0.4) is 0 Å². The van der Waals surface area contributed by atoms with E-state index in [1.54, 1.807) is 41.8 Å². The smallest absolute Gasteiger partial charge is 0.380 e. The van der Waals surface area contributed by atoms with Crippen molar-refractivity contribution in [2.24, 2.45) is 5.92 Å². The Morgan fingerprint density at radius 2 is 1.90 bits per heavy atom. The molecule has 2 aromatic heterocycles. The van der Waals surface area contributed by atoms with E-state index in [4.69, 9.17) is 35.9 Å². The molecule has 3 heterocycles. The highest BCUT2D eigenvalue weighted by atomic mass is 35.5. The fraction of sp³-hybridized carbons (Fsp3) is 0.333. The van der Waals surface area contributed by atoms with Crippen molar-refractivity contribution in [3.63, 3.8) is 0 Å². The standard InChI is InChI=1S/C27H29ClN5O7P/c1-17(26(35)37-14-18-8-4-2-5-9-18)15-41(36,39-19-10-6-3-7-11-19)40-20-12-22(38-21(20)13-34)33-16-30-23-24(29)31-27(28)32-25(23)33/h2-11,16-17,20-22,34H,12-15H2,1H3,(H2,29,31,32)/t17-,20?,21+,22+,41?/m0/s1. The Morgan fingerprint density at radius 3 is 2.61 bits per heavy atom. The minimum Gasteiger partial charge on any atom is -0.461 e. The zero-order valence-corrected chi connectivity index (χ0v) is 23.7. The summed E-state index contributed by atoms with van der Waals surface area (Å²) in [5.41, 5.74) is 7.42. The molecular formula is C27H29ClN5O7P. The van der Waals surface area contributed by atoms with Gasteiger partial charge in [0.15, 0.2) is 11.5 Å². The normalized spacial score (nSPS) is 20.9. The summed E-state index contributed by atoms with van der Waals surface area (Å²) in [6, 6.07) is 17.8. The molecule has 0 amide bonds. The van der Waals surface area contributed by atoms with Gasteiger partial charge in [0.25, 0.3) is 0 Å². The Labute approximate surface area is 240 Å². The molecule has 14 heteroatoms. The number of para-hydroxylation sites is 1. The van der Waals surface area contributed by atoms with E-state index in [1.807, 2.05) is 30.3 Å². The van der Waals surface area contributed by atoms with Crippen LogP contribution in [0.25, 0.3) is 11.2 Å². The largest absolute Gasteiger partial charge is 0.461 e. The Hall–Kier alpha value is -3.54. The maximum Gasteiger partial charge on any atom is 0.380 e. The van der Waals surface area contributed by atoms with E-state index in [9.17, 15) is 14.5 Å². The highest BCUT2D eigenvalue weighted by molar-refractivity contribution is 7.54. The first-order valence-electron chi connectivity index (χ1n) is 12.9. The van der Waals surface area contributed by atoms with Crippen LogP contribution in [0.5, 0.6) is 5.75 Å². The molecule has 0 spiro atoms. The van der Waals surface area contributed by atoms with Crippen molar-refractivity contribution in [3.8, 4) is 5.75 Å². The molecule has 0 saturated carbocycles. The lowest BCUT2D eigenvalue weighted by atomic mass is 10.2. The van der Waals surface area contributed by atoms with Gasteiger partial charge in [-0.05, 0) is 29.3 Å². The number of aliphatic hydroxyl groups is 1. The molecule has 0 bridgehead atoms. The number of carbonyl (C=O) groups excluding carboxylic acids is 1. The zero-order chi connectivity index (χ0) is 29.0. The molecule has 1 aliphatic rings. The minimum absolute atomic E-state index is 0.0600. The predicted octanol–water partition coefficient (Wildman–Crippen LogP) is 4.38. The molecule has 4 aromatic rings. The van der Waals surface area contributed by atoms with E-state index in [2.05, 4.69) is 15.0 Å². The van der Waals surface area contributed by atoms with Crippen molar-refractivity contribution in [2.75, 3.05) is 18.5 Å². The van der Waals surface area contributed by atoms with Crippen LogP contribution in [0, 0.1) is 5.92 Å². The Balaban J connectivity index is 1.34. The van der Waals surface area contributed by atoms with Crippen LogP contribution in [0.15, 0.2) is 67.0 Å². The number of halogens is 1. The van der Waals surface area contributed by atoms with Crippen molar-refractivity contribution in [1.29, 1.82) is 0 Å². The van der Waals surface area contributed by atoms with Crippen molar-refractivity contribution < 1.29 is 33.0 Å². The summed E-state index contributed by atoms with van der Waals surface area (Å²) in [4.78, 5) is 25.2. The van der Waals surface area contributed by atoms with Gasteiger partial charge in [-0.3, -0.25) is 13.9 Å². The third kappa shape index (κ3) is 6.86. The lowest BCUT2D eigenvalue weighted by molar-refractivity contribution is -0.148. The molecular weight excluding hydrogens is 573 g/mol. The van der Waals surface area contributed by atoms with Crippen molar-refractivity contribution in [1.82, 2.24) is 19.5 Å². The van der Waals surface area contributed by atoms with Crippen LogP contribution in [-0.2, 0) is 30.0 Å². The number of fused-ring (bicyclic) bond motifs is 1. The third-order valence-electron chi connectivity index (χ3n) is 6.50. The van der Waals surface area contributed by atoms with E-state index in [1.165, 1.54) is 6.33 Å². The van der Waals surface area contributed by atoms with E-state index in [0.717, 1.165) is 5.56 Å². The monoisotopic (exact) mass is 601 g/mol. The number of carbonyl (C=O) groups is 1. The van der Waals surface area contributed by atoms with Gasteiger partial charge in [0.1, 0.15) is 36.3 Å². The van der Waals surface area contributed by atoms with Gasteiger partial charge in [-0.2, -0.15) is 9.97 Å². The van der Waals surface area contributed by atoms with Crippen molar-refractivity contribution in [3.05, 3.63) is 77.8 Å². The summed E-state index contributed by atoms with van der Waals surface area (Å²) < 4.78 is 39.3. The number of anilines is 1. The SMILES string of the molecule is C[C@@H](CP(=O)(Oc1ccccc1)OC1C[C@H](n2cnc3c(N)nc(Cl)nc32)O[C@@H]1CO)C(=O)OCc1ccccc1. The number of nitrogens with zero attached hydrogens (tertiary/aromatic N) is 4. The topological polar surface area (TPSA) is 161 Å². The van der Waals surface area contributed by atoms with Crippen LogP contribution < -0.4 is 10.3 Å². The lowest BCUT2D eigenvalue weighted by Gasteiger charge is -2.26. The van der Waals surface area contributed by atoms with E-state index < -0.39 is 44.5 Å². The molecule has 2 aromatic carbocycles. The van der Waals surface area contributed by atoms with Crippen molar-refractivity contribution in [2.45, 2.75) is 38.4 Å². The van der Waals surface area contributed by atoms with Gasteiger partial charge in [-0.25, -0.2) is 9.55 Å². The summed E-state index contributed by atoms with van der Waals surface area (Å²) in [6.07, 6.45) is -1.06. The molecule has 5 atom stereocenters. The summed E-state index contributed by atoms with van der Waals surface area (Å²) in [5, 5.41) is 10.0. The van der Waals surface area contributed by atoms with Crippen LogP contribution in [0.2, 0.25) is 5.28 Å². The Kier molecular flexibility index (Phi) is 8.86. The first-order chi connectivity index (χ1) is 19.7. The van der Waals surface area contributed by atoms with Gasteiger partial charge in [-0.1, -0.05) is 55.5 Å². The molecule has 216 valence electrons. The third-order valence-corrected chi connectivity index (χ3v) is 8.74. The Morgan fingerprint density at radius 1 is 1.20 bits per heavy atom. The molecule has 12 nitrogen and oxygen atoms in total. The number of hydrogen-bond donors (Lipinski definition) is 2. The molecule has 5 rings (SSSR count). The maximum absolute atomic E-state index is 14.2.